The lowest BCUT2D eigenvalue weighted by atomic mass is 10.1. The van der Waals surface area contributed by atoms with Gasteiger partial charge in [0.15, 0.2) is 5.03 Å². The second-order valence-corrected chi connectivity index (χ2v) is 7.75. The average molecular weight is 362 g/mol. The van der Waals surface area contributed by atoms with Crippen LogP contribution in [0.3, 0.4) is 0 Å². The first-order valence-corrected chi connectivity index (χ1v) is 9.93. The van der Waals surface area contributed by atoms with Crippen LogP contribution in [0, 0.1) is 6.92 Å². The van der Waals surface area contributed by atoms with Crippen LogP contribution >= 0.6 is 11.3 Å². The van der Waals surface area contributed by atoms with Crippen molar-refractivity contribution >= 4 is 21.4 Å². The molecule has 0 saturated carbocycles. The fraction of sp³-hybridized carbons (Fsp3) is 0.250. The highest BCUT2D eigenvalue weighted by Crippen LogP contribution is 2.23. The second kappa shape index (κ2) is 6.84. The van der Waals surface area contributed by atoms with E-state index in [2.05, 4.69) is 14.7 Å². The molecule has 0 unspecified atom stereocenters. The molecule has 0 radical (unpaired) electrons. The number of hydrogen-bond donors (Lipinski definition) is 1. The normalized spacial score (nSPS) is 11.8. The molecule has 3 rings (SSSR count). The first-order valence-electron chi connectivity index (χ1n) is 7.51. The van der Waals surface area contributed by atoms with Crippen LogP contribution in [0.15, 0.2) is 46.4 Å². The summed E-state index contributed by atoms with van der Waals surface area (Å²) < 4.78 is 29.4. The van der Waals surface area contributed by atoms with E-state index in [-0.39, 0.29) is 11.6 Å². The van der Waals surface area contributed by atoms with Crippen LogP contribution in [-0.4, -0.2) is 23.0 Å². The standard InChI is InChI=1S/C16H18N4O2S2/c1-3-20-10-15(19-12(20)2)24(21,22)18-9-13-5-4-7-17-16(13)14-6-8-23-11-14/h4-8,10-11,18H,3,9H2,1-2H3. The van der Waals surface area contributed by atoms with Crippen molar-refractivity contribution in [1.82, 2.24) is 19.3 Å². The van der Waals surface area contributed by atoms with Crippen LogP contribution in [-0.2, 0) is 23.1 Å². The van der Waals surface area contributed by atoms with Crippen molar-refractivity contribution in [3.8, 4) is 11.3 Å². The van der Waals surface area contributed by atoms with Gasteiger partial charge in [-0.1, -0.05) is 6.07 Å². The third-order valence-electron chi connectivity index (χ3n) is 3.71. The van der Waals surface area contributed by atoms with Gasteiger partial charge in [-0.15, -0.1) is 0 Å². The molecule has 0 aliphatic carbocycles. The van der Waals surface area contributed by atoms with E-state index in [1.807, 2.05) is 29.8 Å². The van der Waals surface area contributed by atoms with Crippen LogP contribution < -0.4 is 4.72 Å². The number of pyridine rings is 1. The Morgan fingerprint density at radius 3 is 2.83 bits per heavy atom. The zero-order valence-electron chi connectivity index (χ0n) is 13.4. The van der Waals surface area contributed by atoms with E-state index < -0.39 is 10.0 Å². The molecule has 0 fully saturated rings. The monoisotopic (exact) mass is 362 g/mol. The topological polar surface area (TPSA) is 76.9 Å². The third-order valence-corrected chi connectivity index (χ3v) is 5.66. The molecule has 0 aliphatic heterocycles. The number of rotatable bonds is 6. The number of nitrogens with one attached hydrogen (secondary N) is 1. The second-order valence-electron chi connectivity index (χ2n) is 5.26. The number of thiophene rings is 1. The van der Waals surface area contributed by atoms with Gasteiger partial charge in [-0.25, -0.2) is 18.1 Å². The first kappa shape index (κ1) is 16.8. The molecule has 0 atom stereocenters. The smallest absolute Gasteiger partial charge is 0.259 e. The quantitative estimate of drug-likeness (QED) is 0.731. The van der Waals surface area contributed by atoms with E-state index in [4.69, 9.17) is 0 Å². The fourth-order valence-corrected chi connectivity index (χ4v) is 4.07. The van der Waals surface area contributed by atoms with Crippen molar-refractivity contribution in [2.45, 2.75) is 32.0 Å². The Labute approximate surface area is 145 Å². The Kier molecular flexibility index (Phi) is 4.79. The van der Waals surface area contributed by atoms with Crippen LogP contribution in [0.2, 0.25) is 0 Å². The van der Waals surface area contributed by atoms with Gasteiger partial charge in [0.25, 0.3) is 10.0 Å². The minimum Gasteiger partial charge on any atom is -0.334 e. The molecule has 0 aliphatic rings. The number of aryl methyl sites for hydroxylation is 2. The lowest BCUT2D eigenvalue weighted by Gasteiger charge is -2.08. The lowest BCUT2D eigenvalue weighted by Crippen LogP contribution is -2.24. The van der Waals surface area contributed by atoms with Crippen molar-refractivity contribution in [3.05, 3.63) is 52.7 Å². The Hall–Kier alpha value is -2.03. The van der Waals surface area contributed by atoms with Crippen molar-refractivity contribution in [3.63, 3.8) is 0 Å². The molecule has 126 valence electrons. The highest BCUT2D eigenvalue weighted by molar-refractivity contribution is 7.89. The van der Waals surface area contributed by atoms with Gasteiger partial charge in [0.05, 0.1) is 5.69 Å². The summed E-state index contributed by atoms with van der Waals surface area (Å²) in [4.78, 5) is 8.51. The largest absolute Gasteiger partial charge is 0.334 e. The summed E-state index contributed by atoms with van der Waals surface area (Å²) in [5, 5.41) is 4.01. The summed E-state index contributed by atoms with van der Waals surface area (Å²) in [6.07, 6.45) is 3.26. The molecule has 6 nitrogen and oxygen atoms in total. The summed E-state index contributed by atoms with van der Waals surface area (Å²) in [5.41, 5.74) is 2.60. The Morgan fingerprint density at radius 2 is 2.17 bits per heavy atom. The van der Waals surface area contributed by atoms with Crippen molar-refractivity contribution in [1.29, 1.82) is 0 Å². The van der Waals surface area contributed by atoms with Crippen LogP contribution in [0.1, 0.15) is 18.3 Å². The molecule has 3 heterocycles. The maximum absolute atomic E-state index is 12.5. The van der Waals surface area contributed by atoms with Gasteiger partial charge in [-0.3, -0.25) is 4.98 Å². The molecule has 0 amide bonds. The molecule has 24 heavy (non-hydrogen) atoms. The summed E-state index contributed by atoms with van der Waals surface area (Å²) in [5.74, 6) is 0.679. The fourth-order valence-electron chi connectivity index (χ4n) is 2.42. The molecule has 8 heteroatoms. The minimum absolute atomic E-state index is 0.0443. The zero-order chi connectivity index (χ0) is 17.2. The van der Waals surface area contributed by atoms with Crippen molar-refractivity contribution in [2.75, 3.05) is 0 Å². The molecule has 0 bridgehead atoms. The zero-order valence-corrected chi connectivity index (χ0v) is 15.1. The van der Waals surface area contributed by atoms with Crippen LogP contribution in [0.5, 0.6) is 0 Å². The van der Waals surface area contributed by atoms with Crippen molar-refractivity contribution in [2.24, 2.45) is 0 Å². The number of hydrogen-bond acceptors (Lipinski definition) is 5. The maximum atomic E-state index is 12.5. The minimum atomic E-state index is -3.66. The van der Waals surface area contributed by atoms with Crippen LogP contribution in [0.4, 0.5) is 0 Å². The van der Waals surface area contributed by atoms with Crippen LogP contribution in [0.25, 0.3) is 11.3 Å². The molecule has 3 aromatic heterocycles. The van der Waals surface area contributed by atoms with Gasteiger partial charge < -0.3 is 4.57 Å². The SMILES string of the molecule is CCn1cc(S(=O)(=O)NCc2cccnc2-c2ccsc2)nc1C. The Balaban J connectivity index is 1.83. The molecule has 0 aromatic carbocycles. The van der Waals surface area contributed by atoms with E-state index in [1.165, 1.54) is 0 Å². The summed E-state index contributed by atoms with van der Waals surface area (Å²) in [7, 11) is -3.66. The third kappa shape index (κ3) is 3.40. The van der Waals surface area contributed by atoms with E-state index >= 15 is 0 Å². The van der Waals surface area contributed by atoms with E-state index in [0.29, 0.717) is 12.4 Å². The molecule has 0 spiro atoms. The number of sulfonamides is 1. The number of imidazole rings is 1. The Bertz CT molecular complexity index is 931. The molecular weight excluding hydrogens is 344 g/mol. The van der Waals surface area contributed by atoms with Gasteiger partial charge in [0, 0.05) is 36.4 Å². The molecule has 0 saturated heterocycles. The Morgan fingerprint density at radius 1 is 1.33 bits per heavy atom. The van der Waals surface area contributed by atoms with Gasteiger partial charge in [-0.05, 0) is 36.9 Å². The average Bonchev–Trinajstić information content (AvgIpc) is 3.23. The van der Waals surface area contributed by atoms with Gasteiger partial charge in [0.1, 0.15) is 5.82 Å². The van der Waals surface area contributed by atoms with E-state index in [1.54, 1.807) is 41.3 Å². The highest BCUT2D eigenvalue weighted by Gasteiger charge is 2.19. The first-order chi connectivity index (χ1) is 11.5. The molecule has 3 aromatic rings. The van der Waals surface area contributed by atoms with Gasteiger partial charge in [-0.2, -0.15) is 11.3 Å². The van der Waals surface area contributed by atoms with Crippen molar-refractivity contribution < 1.29 is 8.42 Å². The summed E-state index contributed by atoms with van der Waals surface area (Å²) in [6.45, 7) is 4.58. The predicted octanol–water partition coefficient (Wildman–Crippen LogP) is 2.81. The molecular formula is C16H18N4O2S2. The van der Waals surface area contributed by atoms with E-state index in [9.17, 15) is 8.42 Å². The number of aromatic nitrogens is 3. The van der Waals surface area contributed by atoms with Gasteiger partial charge in [0.2, 0.25) is 0 Å². The molecule has 1 N–H and O–H groups in total. The predicted molar refractivity (Wildman–Crippen MR) is 94.2 cm³/mol. The maximum Gasteiger partial charge on any atom is 0.259 e. The lowest BCUT2D eigenvalue weighted by molar-refractivity contribution is 0.577. The van der Waals surface area contributed by atoms with Gasteiger partial charge >= 0.3 is 0 Å². The van der Waals surface area contributed by atoms with E-state index in [0.717, 1.165) is 16.8 Å². The summed E-state index contributed by atoms with van der Waals surface area (Å²) >= 11 is 1.58. The number of nitrogens with zero attached hydrogens (tertiary/aromatic N) is 3. The summed E-state index contributed by atoms with van der Waals surface area (Å²) in [6, 6.07) is 5.64. The highest BCUT2D eigenvalue weighted by atomic mass is 32.2.